The van der Waals surface area contributed by atoms with E-state index in [2.05, 4.69) is 9.47 Å². The SMILES string of the molecule is COC(=O)CCc1cc(C(F)(F)F)ccc1OC(F)F. The fraction of sp³-hybridized carbons (Fsp3) is 0.417. The number of hydrogen-bond donors (Lipinski definition) is 0. The zero-order valence-corrected chi connectivity index (χ0v) is 10.3. The van der Waals surface area contributed by atoms with Gasteiger partial charge in [0.2, 0.25) is 0 Å². The Bertz CT molecular complexity index is 471. The van der Waals surface area contributed by atoms with E-state index in [0.29, 0.717) is 12.1 Å². The summed E-state index contributed by atoms with van der Waals surface area (Å²) in [5, 5.41) is 0. The van der Waals surface area contributed by atoms with E-state index < -0.39 is 30.1 Å². The minimum absolute atomic E-state index is 0.134. The molecule has 0 bridgehead atoms. The highest BCUT2D eigenvalue weighted by Gasteiger charge is 2.31. The number of benzene rings is 1. The quantitative estimate of drug-likeness (QED) is 0.617. The maximum atomic E-state index is 12.5. The predicted octanol–water partition coefficient (Wildman–Crippen LogP) is 3.41. The highest BCUT2D eigenvalue weighted by molar-refractivity contribution is 5.69. The van der Waals surface area contributed by atoms with Crippen LogP contribution in [0.2, 0.25) is 0 Å². The van der Waals surface area contributed by atoms with Gasteiger partial charge >= 0.3 is 18.8 Å². The molecule has 0 amide bonds. The second kappa shape index (κ2) is 6.53. The Kier molecular flexibility index (Phi) is 5.29. The number of methoxy groups -OCH3 is 1. The first-order valence-corrected chi connectivity index (χ1v) is 5.45. The fourth-order valence-electron chi connectivity index (χ4n) is 1.50. The van der Waals surface area contributed by atoms with Gasteiger partial charge in [0.15, 0.2) is 0 Å². The van der Waals surface area contributed by atoms with Gasteiger partial charge in [-0.3, -0.25) is 4.79 Å². The summed E-state index contributed by atoms with van der Waals surface area (Å²) in [6.07, 6.45) is -5.04. The summed E-state index contributed by atoms with van der Waals surface area (Å²) in [5.74, 6) is -1.05. The van der Waals surface area contributed by atoms with Crippen LogP contribution in [0.5, 0.6) is 5.75 Å². The normalized spacial score (nSPS) is 11.6. The zero-order valence-electron chi connectivity index (χ0n) is 10.3. The van der Waals surface area contributed by atoms with Gasteiger partial charge in [-0.05, 0) is 30.2 Å². The number of aryl methyl sites for hydroxylation is 1. The number of esters is 1. The van der Waals surface area contributed by atoms with Gasteiger partial charge in [-0.25, -0.2) is 0 Å². The van der Waals surface area contributed by atoms with Crippen LogP contribution >= 0.6 is 0 Å². The van der Waals surface area contributed by atoms with Crippen molar-refractivity contribution in [2.45, 2.75) is 25.6 Å². The third kappa shape index (κ3) is 4.67. The molecule has 112 valence electrons. The molecule has 0 N–H and O–H groups in total. The summed E-state index contributed by atoms with van der Waals surface area (Å²) in [6, 6.07) is 2.13. The number of rotatable bonds is 5. The molecule has 0 saturated heterocycles. The van der Waals surface area contributed by atoms with E-state index in [1.54, 1.807) is 0 Å². The number of hydrogen-bond acceptors (Lipinski definition) is 3. The van der Waals surface area contributed by atoms with Crippen LogP contribution in [-0.2, 0) is 22.1 Å². The van der Waals surface area contributed by atoms with E-state index in [9.17, 15) is 26.7 Å². The molecule has 0 aliphatic carbocycles. The van der Waals surface area contributed by atoms with Gasteiger partial charge in [0, 0.05) is 6.42 Å². The molecule has 0 heterocycles. The van der Waals surface area contributed by atoms with Crippen LogP contribution in [0.3, 0.4) is 0 Å². The maximum Gasteiger partial charge on any atom is 0.416 e. The van der Waals surface area contributed by atoms with E-state index in [4.69, 9.17) is 0 Å². The number of halogens is 5. The first-order chi connectivity index (χ1) is 9.24. The Morgan fingerprint density at radius 1 is 1.30 bits per heavy atom. The van der Waals surface area contributed by atoms with Crippen LogP contribution in [0.25, 0.3) is 0 Å². The lowest BCUT2D eigenvalue weighted by atomic mass is 10.0. The second-order valence-corrected chi connectivity index (χ2v) is 3.77. The third-order valence-corrected chi connectivity index (χ3v) is 2.43. The van der Waals surface area contributed by atoms with Crippen molar-refractivity contribution >= 4 is 5.97 Å². The first kappa shape index (κ1) is 16.2. The van der Waals surface area contributed by atoms with Crippen molar-refractivity contribution in [3.05, 3.63) is 29.3 Å². The molecule has 3 nitrogen and oxygen atoms in total. The molecule has 1 rings (SSSR count). The summed E-state index contributed by atoms with van der Waals surface area (Å²) < 4.78 is 70.4. The molecular weight excluding hydrogens is 287 g/mol. The second-order valence-electron chi connectivity index (χ2n) is 3.77. The topological polar surface area (TPSA) is 35.5 Å². The van der Waals surface area contributed by atoms with Gasteiger partial charge in [0.25, 0.3) is 0 Å². The molecule has 0 unspecified atom stereocenters. The van der Waals surface area contributed by atoms with E-state index in [1.807, 2.05) is 0 Å². The van der Waals surface area contributed by atoms with E-state index in [0.717, 1.165) is 13.2 Å². The zero-order chi connectivity index (χ0) is 15.3. The van der Waals surface area contributed by atoms with E-state index >= 15 is 0 Å². The molecular formula is C12H11F5O3. The van der Waals surface area contributed by atoms with Gasteiger partial charge in [0.05, 0.1) is 12.7 Å². The van der Waals surface area contributed by atoms with E-state index in [-0.39, 0.29) is 18.4 Å². The van der Waals surface area contributed by atoms with Crippen molar-refractivity contribution < 1.29 is 36.2 Å². The van der Waals surface area contributed by atoms with Gasteiger partial charge in [-0.1, -0.05) is 0 Å². The summed E-state index contributed by atoms with van der Waals surface area (Å²) in [6.45, 7) is -3.16. The van der Waals surface area contributed by atoms with E-state index in [1.165, 1.54) is 0 Å². The number of carbonyl (C=O) groups excluding carboxylic acids is 1. The van der Waals surface area contributed by atoms with Crippen molar-refractivity contribution in [3.63, 3.8) is 0 Å². The number of carbonyl (C=O) groups is 1. The molecule has 1 aromatic carbocycles. The predicted molar refractivity (Wildman–Crippen MR) is 58.4 cm³/mol. The monoisotopic (exact) mass is 298 g/mol. The molecule has 0 radical (unpaired) electrons. The lowest BCUT2D eigenvalue weighted by Crippen LogP contribution is -2.10. The Balaban J connectivity index is 3.02. The van der Waals surface area contributed by atoms with Crippen LogP contribution in [-0.4, -0.2) is 19.7 Å². The minimum atomic E-state index is -4.61. The molecule has 0 atom stereocenters. The summed E-state index contributed by atoms with van der Waals surface area (Å²) in [7, 11) is 1.12. The highest BCUT2D eigenvalue weighted by atomic mass is 19.4. The van der Waals surface area contributed by atoms with Crippen molar-refractivity contribution in [2.24, 2.45) is 0 Å². The third-order valence-electron chi connectivity index (χ3n) is 2.43. The first-order valence-electron chi connectivity index (χ1n) is 5.45. The van der Waals surface area contributed by atoms with Crippen molar-refractivity contribution in [2.75, 3.05) is 7.11 Å². The molecule has 8 heteroatoms. The molecule has 20 heavy (non-hydrogen) atoms. The van der Waals surface area contributed by atoms with Gasteiger partial charge in [-0.2, -0.15) is 22.0 Å². The molecule has 0 saturated carbocycles. The molecule has 0 aromatic heterocycles. The summed E-state index contributed by atoms with van der Waals surface area (Å²) in [5.41, 5.74) is -1.13. The van der Waals surface area contributed by atoms with Crippen LogP contribution in [0.15, 0.2) is 18.2 Å². The van der Waals surface area contributed by atoms with Crippen molar-refractivity contribution in [1.29, 1.82) is 0 Å². The van der Waals surface area contributed by atoms with Crippen molar-refractivity contribution in [1.82, 2.24) is 0 Å². The van der Waals surface area contributed by atoms with Crippen molar-refractivity contribution in [3.8, 4) is 5.75 Å². The average Bonchev–Trinajstić information content (AvgIpc) is 2.35. The lowest BCUT2D eigenvalue weighted by molar-refractivity contribution is -0.140. The van der Waals surface area contributed by atoms with Gasteiger partial charge < -0.3 is 9.47 Å². The van der Waals surface area contributed by atoms with Gasteiger partial charge in [0.1, 0.15) is 5.75 Å². The molecule has 0 fully saturated rings. The Hall–Kier alpha value is -1.86. The fourth-order valence-corrected chi connectivity index (χ4v) is 1.50. The van der Waals surface area contributed by atoms with Crippen LogP contribution in [0.4, 0.5) is 22.0 Å². The Morgan fingerprint density at radius 3 is 2.45 bits per heavy atom. The Labute approximate surface area is 111 Å². The number of ether oxygens (including phenoxy) is 2. The Morgan fingerprint density at radius 2 is 1.95 bits per heavy atom. The largest absolute Gasteiger partial charge is 0.469 e. The molecule has 0 aliphatic rings. The molecule has 1 aromatic rings. The van der Waals surface area contributed by atoms with Crippen LogP contribution in [0.1, 0.15) is 17.5 Å². The standard InChI is InChI=1S/C12H11F5O3/c1-19-10(18)5-2-7-6-8(12(15,16)17)3-4-9(7)20-11(13)14/h3-4,6,11H,2,5H2,1H3. The maximum absolute atomic E-state index is 12.5. The molecule has 0 aliphatic heterocycles. The highest BCUT2D eigenvalue weighted by Crippen LogP contribution is 2.33. The minimum Gasteiger partial charge on any atom is -0.469 e. The molecule has 0 spiro atoms. The smallest absolute Gasteiger partial charge is 0.416 e. The average molecular weight is 298 g/mol. The van der Waals surface area contributed by atoms with Crippen LogP contribution in [0, 0.1) is 0 Å². The summed E-state index contributed by atoms with van der Waals surface area (Å²) >= 11 is 0. The lowest BCUT2D eigenvalue weighted by Gasteiger charge is -2.13. The van der Waals surface area contributed by atoms with Crippen LogP contribution < -0.4 is 4.74 Å². The number of alkyl halides is 5. The van der Waals surface area contributed by atoms with Gasteiger partial charge in [-0.15, -0.1) is 0 Å². The summed E-state index contributed by atoms with van der Waals surface area (Å²) in [4.78, 5) is 11.0.